The summed E-state index contributed by atoms with van der Waals surface area (Å²) in [5, 5.41) is 0. The fourth-order valence-corrected chi connectivity index (χ4v) is 3.33. The molecule has 0 bridgehead atoms. The second kappa shape index (κ2) is 5.90. The van der Waals surface area contributed by atoms with Crippen LogP contribution in [0, 0.1) is 5.41 Å². The van der Waals surface area contributed by atoms with Gasteiger partial charge in [-0.2, -0.15) is 0 Å². The number of rotatable bonds is 2. The van der Waals surface area contributed by atoms with Gasteiger partial charge in [-0.15, -0.1) is 0 Å². The Morgan fingerprint density at radius 2 is 1.58 bits per heavy atom. The molecule has 1 aliphatic heterocycles. The van der Waals surface area contributed by atoms with Crippen molar-refractivity contribution in [2.24, 2.45) is 11.1 Å². The number of nitrogens with two attached hydrogens (primary N) is 1. The Hall–Kier alpha value is -1.10. The number of amides is 2. The molecule has 1 aliphatic carbocycles. The minimum Gasteiger partial charge on any atom is -0.341 e. The van der Waals surface area contributed by atoms with Crippen molar-refractivity contribution in [1.29, 1.82) is 0 Å². The van der Waals surface area contributed by atoms with Gasteiger partial charge in [-0.25, -0.2) is 0 Å². The van der Waals surface area contributed by atoms with Gasteiger partial charge in [0, 0.05) is 39.6 Å². The van der Waals surface area contributed by atoms with E-state index in [1.165, 1.54) is 0 Å². The molecule has 2 amide bonds. The second-order valence-electron chi connectivity index (χ2n) is 5.84. The van der Waals surface area contributed by atoms with Crippen molar-refractivity contribution in [2.75, 3.05) is 32.7 Å². The van der Waals surface area contributed by atoms with Gasteiger partial charge in [-0.05, 0) is 19.3 Å². The van der Waals surface area contributed by atoms with Crippen LogP contribution in [-0.4, -0.2) is 54.3 Å². The molecule has 0 radical (unpaired) electrons. The zero-order valence-corrected chi connectivity index (χ0v) is 11.9. The molecule has 1 heterocycles. The van der Waals surface area contributed by atoms with Crippen LogP contribution in [0.1, 0.15) is 39.0 Å². The first kappa shape index (κ1) is 14.3. The lowest BCUT2D eigenvalue weighted by atomic mass is 9.84. The van der Waals surface area contributed by atoms with Gasteiger partial charge in [0.25, 0.3) is 0 Å². The summed E-state index contributed by atoms with van der Waals surface area (Å²) in [6.45, 7) is 4.87. The Bertz CT molecular complexity index is 351. The molecule has 0 aromatic carbocycles. The molecule has 2 aliphatic rings. The van der Waals surface area contributed by atoms with E-state index >= 15 is 0 Å². The molecule has 108 valence electrons. The Kier molecular flexibility index (Phi) is 4.45. The normalized spacial score (nSPS) is 23.3. The Morgan fingerprint density at radius 1 is 1.00 bits per heavy atom. The summed E-state index contributed by atoms with van der Waals surface area (Å²) >= 11 is 0. The van der Waals surface area contributed by atoms with Gasteiger partial charge in [-0.1, -0.05) is 12.8 Å². The lowest BCUT2D eigenvalue weighted by molar-refractivity contribution is -0.141. The fraction of sp³-hybridized carbons (Fsp3) is 0.857. The predicted molar refractivity (Wildman–Crippen MR) is 73.4 cm³/mol. The van der Waals surface area contributed by atoms with Crippen LogP contribution in [0.3, 0.4) is 0 Å². The molecule has 0 unspecified atom stereocenters. The molecular formula is C14H25N3O2. The summed E-state index contributed by atoms with van der Waals surface area (Å²) in [6.07, 6.45) is 4.93. The van der Waals surface area contributed by atoms with Crippen LogP contribution in [-0.2, 0) is 9.59 Å². The molecule has 0 atom stereocenters. The maximum atomic E-state index is 12.7. The Morgan fingerprint density at radius 3 is 2.16 bits per heavy atom. The summed E-state index contributed by atoms with van der Waals surface area (Å²) in [5.74, 6) is 0.321. The zero-order valence-electron chi connectivity index (χ0n) is 11.9. The Labute approximate surface area is 115 Å². The molecule has 0 aromatic heterocycles. The lowest BCUT2D eigenvalue weighted by Gasteiger charge is -2.33. The van der Waals surface area contributed by atoms with E-state index in [2.05, 4.69) is 0 Å². The molecule has 0 spiro atoms. The van der Waals surface area contributed by atoms with Gasteiger partial charge in [-0.3, -0.25) is 9.59 Å². The summed E-state index contributed by atoms with van der Waals surface area (Å²) in [6, 6.07) is 0. The highest BCUT2D eigenvalue weighted by Gasteiger charge is 2.42. The van der Waals surface area contributed by atoms with Crippen LogP contribution in [0.5, 0.6) is 0 Å². The van der Waals surface area contributed by atoms with Crippen molar-refractivity contribution in [3.05, 3.63) is 0 Å². The van der Waals surface area contributed by atoms with Crippen LogP contribution >= 0.6 is 0 Å². The smallest absolute Gasteiger partial charge is 0.230 e. The third-order valence-corrected chi connectivity index (χ3v) is 4.63. The first-order chi connectivity index (χ1) is 9.09. The molecule has 5 heteroatoms. The number of carbonyl (C=O) groups is 2. The predicted octanol–water partition coefficient (Wildman–Crippen LogP) is 0.586. The van der Waals surface area contributed by atoms with E-state index in [4.69, 9.17) is 5.73 Å². The minimum atomic E-state index is -0.314. The van der Waals surface area contributed by atoms with Crippen LogP contribution in [0.25, 0.3) is 0 Å². The monoisotopic (exact) mass is 267 g/mol. The number of nitrogens with zero attached hydrogens (tertiary/aromatic N) is 2. The largest absolute Gasteiger partial charge is 0.341 e. The molecule has 2 fully saturated rings. The summed E-state index contributed by atoms with van der Waals surface area (Å²) < 4.78 is 0. The van der Waals surface area contributed by atoms with Crippen molar-refractivity contribution in [3.8, 4) is 0 Å². The first-order valence-corrected chi connectivity index (χ1v) is 7.34. The van der Waals surface area contributed by atoms with E-state index in [0.29, 0.717) is 19.6 Å². The molecule has 2 N–H and O–H groups in total. The number of hydrogen-bond donors (Lipinski definition) is 1. The second-order valence-corrected chi connectivity index (χ2v) is 5.84. The van der Waals surface area contributed by atoms with Gasteiger partial charge < -0.3 is 15.5 Å². The van der Waals surface area contributed by atoms with Crippen molar-refractivity contribution in [2.45, 2.75) is 39.0 Å². The van der Waals surface area contributed by atoms with Gasteiger partial charge in [0.2, 0.25) is 11.8 Å². The quantitative estimate of drug-likeness (QED) is 0.796. The average Bonchev–Trinajstić information content (AvgIpc) is 2.75. The Balaban J connectivity index is 2.01. The van der Waals surface area contributed by atoms with Crippen LogP contribution in [0.4, 0.5) is 0 Å². The van der Waals surface area contributed by atoms with E-state index in [-0.39, 0.29) is 17.2 Å². The molecular weight excluding hydrogens is 242 g/mol. The fourth-order valence-electron chi connectivity index (χ4n) is 3.33. The molecule has 1 saturated heterocycles. The average molecular weight is 267 g/mol. The third-order valence-electron chi connectivity index (χ3n) is 4.63. The topological polar surface area (TPSA) is 66.6 Å². The lowest BCUT2D eigenvalue weighted by Crippen LogP contribution is -2.48. The van der Waals surface area contributed by atoms with E-state index in [0.717, 1.165) is 45.2 Å². The maximum Gasteiger partial charge on any atom is 0.230 e. The molecule has 2 rings (SSSR count). The molecule has 19 heavy (non-hydrogen) atoms. The highest BCUT2D eigenvalue weighted by molar-refractivity contribution is 5.83. The van der Waals surface area contributed by atoms with E-state index in [9.17, 15) is 9.59 Å². The molecule has 5 nitrogen and oxygen atoms in total. The number of carbonyl (C=O) groups excluding carboxylic acids is 2. The van der Waals surface area contributed by atoms with Crippen LogP contribution in [0.2, 0.25) is 0 Å². The summed E-state index contributed by atoms with van der Waals surface area (Å²) in [4.78, 5) is 27.9. The highest BCUT2D eigenvalue weighted by Crippen LogP contribution is 2.38. The van der Waals surface area contributed by atoms with E-state index in [1.807, 2.05) is 9.80 Å². The molecule has 0 aromatic rings. The van der Waals surface area contributed by atoms with Crippen molar-refractivity contribution in [1.82, 2.24) is 9.80 Å². The van der Waals surface area contributed by atoms with Gasteiger partial charge in [0.1, 0.15) is 0 Å². The maximum absolute atomic E-state index is 12.7. The summed E-state index contributed by atoms with van der Waals surface area (Å²) in [5.41, 5.74) is 5.56. The highest BCUT2D eigenvalue weighted by atomic mass is 16.2. The van der Waals surface area contributed by atoms with Crippen molar-refractivity contribution < 1.29 is 9.59 Å². The van der Waals surface area contributed by atoms with E-state index in [1.54, 1.807) is 6.92 Å². The SMILES string of the molecule is CC(=O)N1CCCN(C(=O)C2(CN)CCCC2)CC1. The third kappa shape index (κ3) is 2.91. The van der Waals surface area contributed by atoms with Gasteiger partial charge in [0.05, 0.1) is 5.41 Å². The van der Waals surface area contributed by atoms with Crippen molar-refractivity contribution in [3.63, 3.8) is 0 Å². The van der Waals surface area contributed by atoms with Gasteiger partial charge in [0.15, 0.2) is 0 Å². The van der Waals surface area contributed by atoms with Gasteiger partial charge >= 0.3 is 0 Å². The van der Waals surface area contributed by atoms with Crippen LogP contribution < -0.4 is 5.73 Å². The zero-order chi connectivity index (χ0) is 13.9. The number of hydrogen-bond acceptors (Lipinski definition) is 3. The first-order valence-electron chi connectivity index (χ1n) is 7.34. The standard InChI is InChI=1S/C14H25N3O2/c1-12(18)16-7-4-8-17(10-9-16)13(19)14(11-15)5-2-3-6-14/h2-11,15H2,1H3. The van der Waals surface area contributed by atoms with Crippen molar-refractivity contribution >= 4 is 11.8 Å². The van der Waals surface area contributed by atoms with Crippen LogP contribution in [0.15, 0.2) is 0 Å². The summed E-state index contributed by atoms with van der Waals surface area (Å²) in [7, 11) is 0. The molecule has 1 saturated carbocycles. The minimum absolute atomic E-state index is 0.101. The van der Waals surface area contributed by atoms with E-state index < -0.39 is 0 Å².